The first-order chi connectivity index (χ1) is 13.6. The van der Waals surface area contributed by atoms with E-state index in [-0.39, 0.29) is 23.9 Å². The minimum atomic E-state index is -0.0293. The molecule has 3 aromatic carbocycles. The first-order valence-electron chi connectivity index (χ1n) is 9.91. The Labute approximate surface area is 166 Å². The molecule has 0 aromatic heterocycles. The molecule has 1 fully saturated rings. The van der Waals surface area contributed by atoms with Crippen LogP contribution in [0.5, 0.6) is 0 Å². The number of rotatable bonds is 5. The number of fused-ring (bicyclic) bond motifs is 1. The minimum absolute atomic E-state index is 0.0293. The van der Waals surface area contributed by atoms with Gasteiger partial charge < -0.3 is 11.1 Å². The SMILES string of the molecule is CC(NC(=O)CN1C[C@@H](N)[C@H](c2ccccc2)C1)c1ccc2ccccc2c1. The zero-order chi connectivity index (χ0) is 19.5. The van der Waals surface area contributed by atoms with Gasteiger partial charge >= 0.3 is 0 Å². The topological polar surface area (TPSA) is 58.4 Å². The summed E-state index contributed by atoms with van der Waals surface area (Å²) in [6.07, 6.45) is 0. The van der Waals surface area contributed by atoms with Crippen LogP contribution in [0.2, 0.25) is 0 Å². The molecule has 4 rings (SSSR count). The van der Waals surface area contributed by atoms with Crippen LogP contribution >= 0.6 is 0 Å². The number of hydrogen-bond acceptors (Lipinski definition) is 3. The highest BCUT2D eigenvalue weighted by Gasteiger charge is 2.32. The van der Waals surface area contributed by atoms with Gasteiger partial charge in [0.1, 0.15) is 0 Å². The highest BCUT2D eigenvalue weighted by Crippen LogP contribution is 2.26. The summed E-state index contributed by atoms with van der Waals surface area (Å²) in [5.74, 6) is 0.327. The summed E-state index contributed by atoms with van der Waals surface area (Å²) in [6.45, 7) is 3.99. The smallest absolute Gasteiger partial charge is 0.234 e. The van der Waals surface area contributed by atoms with Crippen molar-refractivity contribution in [2.45, 2.75) is 24.9 Å². The predicted octanol–water partition coefficient (Wildman–Crippen LogP) is 3.44. The largest absolute Gasteiger partial charge is 0.348 e. The molecule has 3 atom stereocenters. The maximum Gasteiger partial charge on any atom is 0.234 e. The first-order valence-corrected chi connectivity index (χ1v) is 9.91. The Hall–Kier alpha value is -2.69. The zero-order valence-electron chi connectivity index (χ0n) is 16.2. The standard InChI is InChI=1S/C24H27N3O/c1-17(20-12-11-18-7-5-6-10-21(18)13-20)26-24(28)16-27-14-22(23(25)15-27)19-8-3-2-4-9-19/h2-13,17,22-23H,14-16,25H2,1H3,(H,26,28)/t17?,22-,23+/m0/s1. The van der Waals surface area contributed by atoms with Gasteiger partial charge in [-0.1, -0.05) is 66.7 Å². The molecule has 3 aromatic rings. The van der Waals surface area contributed by atoms with E-state index in [2.05, 4.69) is 52.7 Å². The Morgan fingerprint density at radius 2 is 1.75 bits per heavy atom. The maximum atomic E-state index is 12.6. The van der Waals surface area contributed by atoms with Gasteiger partial charge in [-0.2, -0.15) is 0 Å². The molecule has 0 bridgehead atoms. The maximum absolute atomic E-state index is 12.6. The molecular weight excluding hydrogens is 346 g/mol. The van der Waals surface area contributed by atoms with Crippen LogP contribution in [0.15, 0.2) is 72.8 Å². The second-order valence-electron chi connectivity index (χ2n) is 7.77. The van der Waals surface area contributed by atoms with E-state index in [4.69, 9.17) is 5.73 Å². The second kappa shape index (κ2) is 8.13. The Morgan fingerprint density at radius 1 is 1.04 bits per heavy atom. The van der Waals surface area contributed by atoms with Gasteiger partial charge in [-0.05, 0) is 34.9 Å². The van der Waals surface area contributed by atoms with Crippen molar-refractivity contribution in [1.29, 1.82) is 0 Å². The van der Waals surface area contributed by atoms with Crippen LogP contribution in [-0.2, 0) is 4.79 Å². The van der Waals surface area contributed by atoms with E-state index < -0.39 is 0 Å². The fourth-order valence-electron chi connectivity index (χ4n) is 4.15. The molecule has 0 aliphatic carbocycles. The van der Waals surface area contributed by atoms with Crippen molar-refractivity contribution in [2.75, 3.05) is 19.6 Å². The average Bonchev–Trinajstić information content (AvgIpc) is 3.08. The highest BCUT2D eigenvalue weighted by atomic mass is 16.2. The van der Waals surface area contributed by atoms with Gasteiger partial charge in [0.05, 0.1) is 12.6 Å². The molecule has 4 heteroatoms. The van der Waals surface area contributed by atoms with Crippen molar-refractivity contribution >= 4 is 16.7 Å². The van der Waals surface area contributed by atoms with E-state index in [0.29, 0.717) is 6.54 Å². The number of likely N-dealkylation sites (tertiary alicyclic amines) is 1. The second-order valence-corrected chi connectivity index (χ2v) is 7.77. The van der Waals surface area contributed by atoms with Gasteiger partial charge in [-0.25, -0.2) is 0 Å². The first kappa shape index (κ1) is 18.7. The minimum Gasteiger partial charge on any atom is -0.348 e. The van der Waals surface area contributed by atoms with Gasteiger partial charge in [0.2, 0.25) is 5.91 Å². The van der Waals surface area contributed by atoms with Crippen LogP contribution < -0.4 is 11.1 Å². The molecule has 3 N–H and O–H groups in total. The van der Waals surface area contributed by atoms with Crippen LogP contribution in [0.4, 0.5) is 0 Å². The van der Waals surface area contributed by atoms with Crippen molar-refractivity contribution in [3.8, 4) is 0 Å². The van der Waals surface area contributed by atoms with E-state index in [1.807, 2.05) is 37.3 Å². The van der Waals surface area contributed by atoms with Crippen molar-refractivity contribution in [3.05, 3.63) is 83.9 Å². The molecule has 0 spiro atoms. The molecule has 1 amide bonds. The van der Waals surface area contributed by atoms with Crippen molar-refractivity contribution in [2.24, 2.45) is 5.73 Å². The van der Waals surface area contributed by atoms with Gasteiger partial charge in [0.15, 0.2) is 0 Å². The lowest BCUT2D eigenvalue weighted by atomic mass is 9.95. The zero-order valence-corrected chi connectivity index (χ0v) is 16.2. The van der Waals surface area contributed by atoms with E-state index >= 15 is 0 Å². The normalized spacial score (nSPS) is 20.9. The van der Waals surface area contributed by atoms with E-state index in [1.54, 1.807) is 0 Å². The fraction of sp³-hybridized carbons (Fsp3) is 0.292. The average molecular weight is 374 g/mol. The molecule has 28 heavy (non-hydrogen) atoms. The van der Waals surface area contributed by atoms with E-state index in [9.17, 15) is 4.79 Å². The number of benzene rings is 3. The molecule has 0 saturated carbocycles. The number of nitrogens with zero attached hydrogens (tertiary/aromatic N) is 1. The lowest BCUT2D eigenvalue weighted by Gasteiger charge is -2.19. The van der Waals surface area contributed by atoms with E-state index in [0.717, 1.165) is 18.7 Å². The number of nitrogens with two attached hydrogens (primary N) is 1. The predicted molar refractivity (Wildman–Crippen MR) is 114 cm³/mol. The molecular formula is C24H27N3O. The quantitative estimate of drug-likeness (QED) is 0.720. The summed E-state index contributed by atoms with van der Waals surface area (Å²) < 4.78 is 0. The molecule has 144 valence electrons. The summed E-state index contributed by atoms with van der Waals surface area (Å²) in [6, 6.07) is 25.0. The summed E-state index contributed by atoms with van der Waals surface area (Å²) in [5, 5.41) is 5.54. The molecule has 1 aliphatic rings. The monoisotopic (exact) mass is 373 g/mol. The molecule has 0 radical (unpaired) electrons. The van der Waals surface area contributed by atoms with Crippen LogP contribution in [0.1, 0.15) is 30.0 Å². The van der Waals surface area contributed by atoms with E-state index in [1.165, 1.54) is 16.3 Å². The van der Waals surface area contributed by atoms with Crippen molar-refractivity contribution in [3.63, 3.8) is 0 Å². The number of hydrogen-bond donors (Lipinski definition) is 2. The van der Waals surface area contributed by atoms with Gasteiger partial charge in [-0.15, -0.1) is 0 Å². The summed E-state index contributed by atoms with van der Waals surface area (Å²) in [4.78, 5) is 14.8. The third kappa shape index (κ3) is 4.08. The van der Waals surface area contributed by atoms with Gasteiger partial charge in [0, 0.05) is 25.0 Å². The molecule has 1 saturated heterocycles. The van der Waals surface area contributed by atoms with Crippen LogP contribution in [0.3, 0.4) is 0 Å². The van der Waals surface area contributed by atoms with Crippen molar-refractivity contribution in [1.82, 2.24) is 10.2 Å². The van der Waals surface area contributed by atoms with Crippen molar-refractivity contribution < 1.29 is 4.79 Å². The highest BCUT2D eigenvalue weighted by molar-refractivity contribution is 5.83. The summed E-state index contributed by atoms with van der Waals surface area (Å²) >= 11 is 0. The third-order valence-corrected chi connectivity index (χ3v) is 5.69. The Kier molecular flexibility index (Phi) is 5.42. The molecule has 4 nitrogen and oxygen atoms in total. The number of amides is 1. The Morgan fingerprint density at radius 3 is 2.54 bits per heavy atom. The number of nitrogens with one attached hydrogen (secondary N) is 1. The van der Waals surface area contributed by atoms with Gasteiger partial charge in [-0.3, -0.25) is 9.69 Å². The third-order valence-electron chi connectivity index (χ3n) is 5.69. The Balaban J connectivity index is 1.36. The lowest BCUT2D eigenvalue weighted by Crippen LogP contribution is -2.38. The number of carbonyl (C=O) groups is 1. The lowest BCUT2D eigenvalue weighted by molar-refractivity contribution is -0.122. The van der Waals surface area contributed by atoms with Gasteiger partial charge in [0.25, 0.3) is 0 Å². The molecule has 1 aliphatic heterocycles. The fourth-order valence-corrected chi connectivity index (χ4v) is 4.15. The molecule has 1 unspecified atom stereocenters. The molecule has 1 heterocycles. The number of carbonyl (C=O) groups excluding carboxylic acids is 1. The summed E-state index contributed by atoms with van der Waals surface area (Å²) in [7, 11) is 0. The van der Waals surface area contributed by atoms with Crippen LogP contribution in [-0.4, -0.2) is 36.5 Å². The van der Waals surface area contributed by atoms with Crippen LogP contribution in [0.25, 0.3) is 10.8 Å². The van der Waals surface area contributed by atoms with Crippen LogP contribution in [0, 0.1) is 0 Å². The summed E-state index contributed by atoms with van der Waals surface area (Å²) in [5.41, 5.74) is 8.72. The Bertz CT molecular complexity index is 956.